The Kier molecular flexibility index (Phi) is 6.79. The van der Waals surface area contributed by atoms with E-state index in [-0.39, 0.29) is 65.0 Å². The van der Waals surface area contributed by atoms with Crippen LogP contribution in [0.1, 0.15) is 50.9 Å². The lowest BCUT2D eigenvalue weighted by Crippen LogP contribution is -2.58. The van der Waals surface area contributed by atoms with Gasteiger partial charge in [0, 0.05) is 32.2 Å². The molecule has 9 nitrogen and oxygen atoms in total. The van der Waals surface area contributed by atoms with Gasteiger partial charge in [-0.25, -0.2) is 14.2 Å². The molecule has 4 heterocycles. The number of ether oxygens (including phenoxy) is 2. The maximum Gasteiger partial charge on any atom is 0.410 e. The SMILES string of the molecule is C[C@H]1CCCN1c1nc(-c2c(O)cccc2F)c(Cl)c2c1C(=O)N1CCN(C(=O)OC(C)(C)C)C[C@@H]1CO2. The number of rotatable bonds is 2. The lowest BCUT2D eigenvalue weighted by atomic mass is 10.0. The van der Waals surface area contributed by atoms with E-state index >= 15 is 0 Å². The molecule has 1 aromatic heterocycles. The zero-order valence-electron chi connectivity index (χ0n) is 22.0. The van der Waals surface area contributed by atoms with Crippen LogP contribution in [0.2, 0.25) is 5.02 Å². The minimum atomic E-state index is -0.690. The van der Waals surface area contributed by atoms with E-state index in [9.17, 15) is 19.1 Å². The summed E-state index contributed by atoms with van der Waals surface area (Å²) in [4.78, 5) is 36.8. The molecule has 38 heavy (non-hydrogen) atoms. The third-order valence-corrected chi connectivity index (χ3v) is 7.51. The second-order valence-electron chi connectivity index (χ2n) is 11.0. The maximum absolute atomic E-state index is 14.9. The number of halogens is 2. The number of aromatic nitrogens is 1. The molecule has 0 saturated carbocycles. The number of carbonyl (C=O) groups is 2. The van der Waals surface area contributed by atoms with Crippen LogP contribution in [-0.2, 0) is 4.74 Å². The second kappa shape index (κ2) is 9.80. The highest BCUT2D eigenvalue weighted by Gasteiger charge is 2.42. The molecule has 2 aromatic rings. The number of phenolic OH excluding ortho intramolecular Hbond substituents is 1. The molecule has 2 amide bonds. The van der Waals surface area contributed by atoms with Gasteiger partial charge in [0.15, 0.2) is 5.75 Å². The Morgan fingerprint density at radius 1 is 1.21 bits per heavy atom. The topological polar surface area (TPSA) is 95.4 Å². The fourth-order valence-electron chi connectivity index (χ4n) is 5.31. The number of phenols is 1. The summed E-state index contributed by atoms with van der Waals surface area (Å²) in [6.07, 6.45) is 1.37. The maximum atomic E-state index is 14.9. The van der Waals surface area contributed by atoms with Crippen molar-refractivity contribution in [1.82, 2.24) is 14.8 Å². The fourth-order valence-corrected chi connectivity index (χ4v) is 5.59. The first-order valence-electron chi connectivity index (χ1n) is 12.9. The van der Waals surface area contributed by atoms with Crippen LogP contribution in [0, 0.1) is 5.82 Å². The highest BCUT2D eigenvalue weighted by atomic mass is 35.5. The number of carbonyl (C=O) groups excluding carboxylic acids is 2. The van der Waals surface area contributed by atoms with Crippen molar-refractivity contribution in [2.45, 2.75) is 58.2 Å². The van der Waals surface area contributed by atoms with E-state index in [1.807, 2.05) is 11.8 Å². The Morgan fingerprint density at radius 3 is 2.63 bits per heavy atom. The van der Waals surface area contributed by atoms with E-state index in [2.05, 4.69) is 0 Å². The number of hydrogen-bond acceptors (Lipinski definition) is 7. The summed E-state index contributed by atoms with van der Waals surface area (Å²) >= 11 is 6.77. The monoisotopic (exact) mass is 546 g/mol. The first kappa shape index (κ1) is 26.3. The van der Waals surface area contributed by atoms with E-state index in [1.165, 1.54) is 18.2 Å². The van der Waals surface area contributed by atoms with Crippen molar-refractivity contribution >= 4 is 29.4 Å². The molecule has 0 unspecified atom stereocenters. The van der Waals surface area contributed by atoms with Crippen molar-refractivity contribution in [2.75, 3.05) is 37.7 Å². The van der Waals surface area contributed by atoms with Crippen LogP contribution in [0.3, 0.4) is 0 Å². The molecule has 2 atom stereocenters. The number of fused-ring (bicyclic) bond motifs is 2. The van der Waals surface area contributed by atoms with Crippen LogP contribution in [0.5, 0.6) is 11.5 Å². The number of benzene rings is 1. The van der Waals surface area contributed by atoms with Crippen molar-refractivity contribution in [3.05, 3.63) is 34.6 Å². The number of hydrogen-bond donors (Lipinski definition) is 1. The zero-order valence-corrected chi connectivity index (χ0v) is 22.7. The van der Waals surface area contributed by atoms with E-state index in [0.717, 1.165) is 12.8 Å². The minimum absolute atomic E-state index is 0.0122. The first-order valence-corrected chi connectivity index (χ1v) is 13.2. The Hall–Kier alpha value is -3.27. The van der Waals surface area contributed by atoms with Gasteiger partial charge in [0.05, 0.1) is 11.6 Å². The Bertz CT molecular complexity index is 1260. The molecule has 3 aliphatic rings. The number of pyridine rings is 1. The molecule has 5 rings (SSSR count). The van der Waals surface area contributed by atoms with Gasteiger partial charge in [0.25, 0.3) is 5.91 Å². The minimum Gasteiger partial charge on any atom is -0.507 e. The van der Waals surface area contributed by atoms with Gasteiger partial charge < -0.3 is 29.3 Å². The molecule has 0 spiro atoms. The largest absolute Gasteiger partial charge is 0.507 e. The van der Waals surface area contributed by atoms with Crippen LogP contribution in [-0.4, -0.2) is 82.4 Å². The average Bonchev–Trinajstić information content (AvgIpc) is 3.21. The van der Waals surface area contributed by atoms with Gasteiger partial charge in [-0.15, -0.1) is 0 Å². The Labute approximate surface area is 226 Å². The molecule has 1 aromatic carbocycles. The smallest absolute Gasteiger partial charge is 0.410 e. The molecular weight excluding hydrogens is 515 g/mol. The summed E-state index contributed by atoms with van der Waals surface area (Å²) in [7, 11) is 0. The number of aromatic hydroxyl groups is 1. The zero-order chi connectivity index (χ0) is 27.4. The Morgan fingerprint density at radius 2 is 1.97 bits per heavy atom. The number of piperazine rings is 1. The highest BCUT2D eigenvalue weighted by molar-refractivity contribution is 6.35. The Balaban J connectivity index is 1.58. The van der Waals surface area contributed by atoms with Crippen molar-refractivity contribution < 1.29 is 28.6 Å². The summed E-state index contributed by atoms with van der Waals surface area (Å²) < 4.78 is 26.6. The van der Waals surface area contributed by atoms with Crippen molar-refractivity contribution in [1.29, 1.82) is 0 Å². The predicted octanol–water partition coefficient (Wildman–Crippen LogP) is 4.69. The number of amides is 2. The summed E-state index contributed by atoms with van der Waals surface area (Å²) in [6, 6.07) is 3.61. The summed E-state index contributed by atoms with van der Waals surface area (Å²) in [5, 5.41) is 10.5. The highest BCUT2D eigenvalue weighted by Crippen LogP contribution is 2.46. The lowest BCUT2D eigenvalue weighted by Gasteiger charge is -2.40. The summed E-state index contributed by atoms with van der Waals surface area (Å²) in [5.41, 5.74) is -0.563. The molecular formula is C27H32ClFN4O5. The molecule has 0 bridgehead atoms. The molecule has 2 saturated heterocycles. The molecule has 0 radical (unpaired) electrons. The molecule has 204 valence electrons. The van der Waals surface area contributed by atoms with Crippen LogP contribution in [0.15, 0.2) is 18.2 Å². The van der Waals surface area contributed by atoms with Gasteiger partial charge in [0.1, 0.15) is 45.9 Å². The van der Waals surface area contributed by atoms with Gasteiger partial charge in [-0.05, 0) is 52.7 Å². The van der Waals surface area contributed by atoms with Gasteiger partial charge in [-0.1, -0.05) is 17.7 Å². The lowest BCUT2D eigenvalue weighted by molar-refractivity contribution is 0.000954. The van der Waals surface area contributed by atoms with Crippen molar-refractivity contribution in [3.8, 4) is 22.8 Å². The van der Waals surface area contributed by atoms with Gasteiger partial charge in [-0.2, -0.15) is 0 Å². The third kappa shape index (κ3) is 4.70. The molecule has 1 N–H and O–H groups in total. The van der Waals surface area contributed by atoms with Crippen molar-refractivity contribution in [3.63, 3.8) is 0 Å². The van der Waals surface area contributed by atoms with Gasteiger partial charge in [0.2, 0.25) is 0 Å². The van der Waals surface area contributed by atoms with Crippen molar-refractivity contribution in [2.24, 2.45) is 0 Å². The third-order valence-electron chi connectivity index (χ3n) is 7.16. The van der Waals surface area contributed by atoms with E-state index < -0.39 is 23.6 Å². The first-order chi connectivity index (χ1) is 18.0. The van der Waals surface area contributed by atoms with Crippen LogP contribution < -0.4 is 9.64 Å². The standard InChI is InChI=1S/C27H32ClFN4O5/c1-15-7-6-10-32(15)24-20-23(21(28)22(30-24)19-17(29)8-5-9-18(19)34)37-14-16-13-31(11-12-33(16)25(20)35)26(36)38-27(2,3)4/h5,8-9,15-16,34H,6-7,10-14H2,1-4H3/t15-,16+/m0/s1. The molecule has 2 fully saturated rings. The van der Waals surface area contributed by atoms with Gasteiger partial charge in [-0.3, -0.25) is 4.79 Å². The molecule has 11 heteroatoms. The summed E-state index contributed by atoms with van der Waals surface area (Å²) in [5.74, 6) is -0.849. The van der Waals surface area contributed by atoms with E-state index in [0.29, 0.717) is 18.9 Å². The quantitative estimate of drug-likeness (QED) is 0.584. The number of nitrogens with zero attached hydrogens (tertiary/aromatic N) is 4. The van der Waals surface area contributed by atoms with Crippen LogP contribution in [0.25, 0.3) is 11.3 Å². The summed E-state index contributed by atoms with van der Waals surface area (Å²) in [6.45, 7) is 9.01. The molecule has 0 aliphatic carbocycles. The van der Waals surface area contributed by atoms with Crippen LogP contribution >= 0.6 is 11.6 Å². The second-order valence-corrected chi connectivity index (χ2v) is 11.4. The van der Waals surface area contributed by atoms with Gasteiger partial charge >= 0.3 is 6.09 Å². The molecule has 3 aliphatic heterocycles. The number of anilines is 1. The van der Waals surface area contributed by atoms with E-state index in [1.54, 1.807) is 30.6 Å². The predicted molar refractivity (Wildman–Crippen MR) is 140 cm³/mol. The van der Waals surface area contributed by atoms with Crippen LogP contribution in [0.4, 0.5) is 15.0 Å². The fraction of sp³-hybridized carbons (Fsp3) is 0.519. The normalized spacial score (nSPS) is 21.5. The van der Waals surface area contributed by atoms with E-state index in [4.69, 9.17) is 26.1 Å². The average molecular weight is 547 g/mol.